The molecule has 0 amide bonds. The SMILES string of the molecule is CC(C)SCc1ccccc1-c1ccc(-c2cnc(N)cn2)c(F)c1.Cl. The lowest BCUT2D eigenvalue weighted by molar-refractivity contribution is 0.631. The van der Waals surface area contributed by atoms with Crippen molar-refractivity contribution in [1.82, 2.24) is 9.97 Å². The summed E-state index contributed by atoms with van der Waals surface area (Å²) in [5, 5.41) is 0.552. The largest absolute Gasteiger partial charge is 0.382 e. The smallest absolute Gasteiger partial charge is 0.141 e. The Morgan fingerprint density at radius 3 is 2.46 bits per heavy atom. The zero-order valence-corrected chi connectivity index (χ0v) is 16.3. The van der Waals surface area contributed by atoms with Crippen LogP contribution in [-0.4, -0.2) is 15.2 Å². The van der Waals surface area contributed by atoms with Crippen molar-refractivity contribution in [3.8, 4) is 22.4 Å². The molecule has 6 heteroatoms. The minimum absolute atomic E-state index is 0. The first-order valence-electron chi connectivity index (χ1n) is 8.12. The van der Waals surface area contributed by atoms with Crippen LogP contribution in [0.5, 0.6) is 0 Å². The monoisotopic (exact) mass is 389 g/mol. The first kappa shape index (κ1) is 20.2. The highest BCUT2D eigenvalue weighted by Crippen LogP contribution is 2.31. The highest BCUT2D eigenvalue weighted by molar-refractivity contribution is 7.99. The van der Waals surface area contributed by atoms with E-state index in [1.54, 1.807) is 12.1 Å². The molecule has 0 aliphatic carbocycles. The molecule has 0 bridgehead atoms. The molecule has 0 saturated heterocycles. The van der Waals surface area contributed by atoms with Crippen molar-refractivity contribution in [3.63, 3.8) is 0 Å². The molecule has 1 heterocycles. The lowest BCUT2D eigenvalue weighted by Crippen LogP contribution is -1.95. The van der Waals surface area contributed by atoms with Crippen molar-refractivity contribution in [2.24, 2.45) is 0 Å². The van der Waals surface area contributed by atoms with E-state index < -0.39 is 0 Å². The van der Waals surface area contributed by atoms with E-state index in [-0.39, 0.29) is 18.2 Å². The molecule has 0 atom stereocenters. The third-order valence-electron chi connectivity index (χ3n) is 3.82. The number of thioether (sulfide) groups is 1. The van der Waals surface area contributed by atoms with Gasteiger partial charge >= 0.3 is 0 Å². The first-order chi connectivity index (χ1) is 12.0. The maximum Gasteiger partial charge on any atom is 0.141 e. The van der Waals surface area contributed by atoms with Gasteiger partial charge in [0.1, 0.15) is 11.6 Å². The van der Waals surface area contributed by atoms with Crippen LogP contribution in [0.25, 0.3) is 22.4 Å². The van der Waals surface area contributed by atoms with E-state index in [0.717, 1.165) is 16.9 Å². The molecule has 0 unspecified atom stereocenters. The first-order valence-corrected chi connectivity index (χ1v) is 9.17. The van der Waals surface area contributed by atoms with Gasteiger partial charge in [0.25, 0.3) is 0 Å². The van der Waals surface area contributed by atoms with Crippen LogP contribution in [0.2, 0.25) is 0 Å². The standard InChI is InChI=1S/C20H20FN3S.ClH/c1-13(2)25-12-15-5-3-4-6-16(15)14-7-8-17(18(21)9-14)19-10-24-20(22)11-23-19;/h3-11,13H,12H2,1-2H3,(H2,22,24);1H. The zero-order chi connectivity index (χ0) is 17.8. The Morgan fingerprint density at radius 2 is 1.81 bits per heavy atom. The van der Waals surface area contributed by atoms with Gasteiger partial charge in [0.15, 0.2) is 0 Å². The number of rotatable bonds is 5. The molecule has 3 nitrogen and oxygen atoms in total. The predicted molar refractivity (Wildman–Crippen MR) is 111 cm³/mol. The molecular formula is C20H21ClFN3S. The maximum atomic E-state index is 14.7. The Labute approximate surface area is 163 Å². The Bertz CT molecular complexity index is 869. The molecule has 3 aromatic rings. The number of nitrogen functional groups attached to an aromatic ring is 1. The number of hydrogen-bond acceptors (Lipinski definition) is 4. The summed E-state index contributed by atoms with van der Waals surface area (Å²) in [6, 6.07) is 13.4. The van der Waals surface area contributed by atoms with Crippen LogP contribution in [0.3, 0.4) is 0 Å². The molecule has 0 aliphatic heterocycles. The number of nitrogens with zero attached hydrogens (tertiary/aromatic N) is 2. The molecule has 136 valence electrons. The number of halogens is 2. The average molecular weight is 390 g/mol. The summed E-state index contributed by atoms with van der Waals surface area (Å²) in [5.41, 5.74) is 9.57. The van der Waals surface area contributed by atoms with E-state index in [0.29, 0.717) is 22.3 Å². The van der Waals surface area contributed by atoms with Crippen molar-refractivity contribution in [3.05, 3.63) is 66.2 Å². The summed E-state index contributed by atoms with van der Waals surface area (Å²) in [6.07, 6.45) is 2.92. The molecule has 1 aromatic heterocycles. The third kappa shape index (κ3) is 4.74. The Hall–Kier alpha value is -2.11. The minimum atomic E-state index is -0.317. The second-order valence-corrected chi connectivity index (χ2v) is 7.60. The van der Waals surface area contributed by atoms with E-state index >= 15 is 0 Å². The van der Waals surface area contributed by atoms with E-state index in [4.69, 9.17) is 5.73 Å². The van der Waals surface area contributed by atoms with Crippen molar-refractivity contribution in [2.45, 2.75) is 24.9 Å². The van der Waals surface area contributed by atoms with Gasteiger partial charge in [0, 0.05) is 11.3 Å². The van der Waals surface area contributed by atoms with Crippen LogP contribution in [-0.2, 0) is 5.75 Å². The number of nitrogens with two attached hydrogens (primary N) is 1. The van der Waals surface area contributed by atoms with Crippen LogP contribution in [0.15, 0.2) is 54.9 Å². The van der Waals surface area contributed by atoms with Gasteiger partial charge in [-0.15, -0.1) is 12.4 Å². The average Bonchev–Trinajstić information content (AvgIpc) is 2.61. The molecule has 2 N–H and O–H groups in total. The highest BCUT2D eigenvalue weighted by Gasteiger charge is 2.11. The number of hydrogen-bond donors (Lipinski definition) is 1. The fourth-order valence-corrected chi connectivity index (χ4v) is 3.32. The summed E-state index contributed by atoms with van der Waals surface area (Å²) in [7, 11) is 0. The summed E-state index contributed by atoms with van der Waals surface area (Å²) in [6.45, 7) is 4.35. The number of anilines is 1. The molecule has 26 heavy (non-hydrogen) atoms. The van der Waals surface area contributed by atoms with Gasteiger partial charge in [-0.1, -0.05) is 44.2 Å². The molecule has 0 spiro atoms. The Kier molecular flexibility index (Phi) is 7.00. The van der Waals surface area contributed by atoms with Gasteiger partial charge in [-0.2, -0.15) is 11.8 Å². The van der Waals surface area contributed by atoms with E-state index in [2.05, 4.69) is 29.9 Å². The lowest BCUT2D eigenvalue weighted by atomic mass is 9.98. The third-order valence-corrected chi connectivity index (χ3v) is 4.96. The summed E-state index contributed by atoms with van der Waals surface area (Å²) in [4.78, 5) is 8.13. The van der Waals surface area contributed by atoms with Gasteiger partial charge in [0.05, 0.1) is 18.1 Å². The van der Waals surface area contributed by atoms with Gasteiger partial charge in [-0.3, -0.25) is 4.98 Å². The van der Waals surface area contributed by atoms with Crippen LogP contribution in [0, 0.1) is 5.82 Å². The van der Waals surface area contributed by atoms with Crippen LogP contribution in [0.4, 0.5) is 10.2 Å². The van der Waals surface area contributed by atoms with Gasteiger partial charge in [0.2, 0.25) is 0 Å². The van der Waals surface area contributed by atoms with Crippen LogP contribution >= 0.6 is 24.2 Å². The van der Waals surface area contributed by atoms with E-state index in [1.165, 1.54) is 18.0 Å². The topological polar surface area (TPSA) is 51.8 Å². The van der Waals surface area contributed by atoms with Crippen LogP contribution in [0.1, 0.15) is 19.4 Å². The summed E-state index contributed by atoms with van der Waals surface area (Å²) >= 11 is 1.87. The number of aromatic nitrogens is 2. The van der Waals surface area contributed by atoms with Gasteiger partial charge in [-0.05, 0) is 34.1 Å². The van der Waals surface area contributed by atoms with Crippen molar-refractivity contribution in [1.29, 1.82) is 0 Å². The fourth-order valence-electron chi connectivity index (χ4n) is 2.55. The number of benzene rings is 2. The summed E-state index contributed by atoms with van der Waals surface area (Å²) in [5.74, 6) is 0.904. The van der Waals surface area contributed by atoms with Crippen molar-refractivity contribution < 1.29 is 4.39 Å². The maximum absolute atomic E-state index is 14.7. The Balaban J connectivity index is 0.00000243. The Morgan fingerprint density at radius 1 is 1.04 bits per heavy atom. The fraction of sp³-hybridized carbons (Fsp3) is 0.200. The van der Waals surface area contributed by atoms with E-state index in [9.17, 15) is 4.39 Å². The van der Waals surface area contributed by atoms with Gasteiger partial charge in [-0.25, -0.2) is 9.37 Å². The second-order valence-electron chi connectivity index (χ2n) is 6.04. The quantitative estimate of drug-likeness (QED) is 0.617. The molecule has 0 radical (unpaired) electrons. The highest BCUT2D eigenvalue weighted by atomic mass is 35.5. The summed E-state index contributed by atoms with van der Waals surface area (Å²) < 4.78 is 14.7. The van der Waals surface area contributed by atoms with Crippen molar-refractivity contribution >= 4 is 30.0 Å². The lowest BCUT2D eigenvalue weighted by Gasteiger charge is -2.12. The molecule has 0 fully saturated rings. The van der Waals surface area contributed by atoms with Crippen molar-refractivity contribution in [2.75, 3.05) is 5.73 Å². The molecule has 2 aromatic carbocycles. The molecule has 3 rings (SSSR count). The predicted octanol–water partition coefficient (Wildman–Crippen LogP) is 5.60. The molecule has 0 aliphatic rings. The normalized spacial score (nSPS) is 10.6. The molecule has 0 saturated carbocycles. The van der Waals surface area contributed by atoms with E-state index in [1.807, 2.05) is 36.0 Å². The van der Waals surface area contributed by atoms with Crippen LogP contribution < -0.4 is 5.73 Å². The van der Waals surface area contributed by atoms with Gasteiger partial charge < -0.3 is 5.73 Å². The second kappa shape index (κ2) is 9.01. The molecular weight excluding hydrogens is 369 g/mol. The zero-order valence-electron chi connectivity index (χ0n) is 14.6. The minimum Gasteiger partial charge on any atom is -0.382 e.